The van der Waals surface area contributed by atoms with E-state index in [2.05, 4.69) is 24.1 Å². The van der Waals surface area contributed by atoms with Gasteiger partial charge < -0.3 is 29.2 Å². The molecule has 9 heteroatoms. The Balaban J connectivity index is 1.46. The molecule has 4 aliphatic rings. The number of nitrogens with zero attached hydrogens (tertiary/aromatic N) is 1. The van der Waals surface area contributed by atoms with Gasteiger partial charge in [-0.3, -0.25) is 9.79 Å². The molecule has 1 saturated carbocycles. The maximum Gasteiger partial charge on any atom is 0.374 e. The molecule has 0 amide bonds. The number of hydrogen-bond donors (Lipinski definition) is 2. The highest BCUT2D eigenvalue weighted by Crippen LogP contribution is 2.55. The number of carbonyl (C=O) groups excluding carboxylic acids is 2. The van der Waals surface area contributed by atoms with Crippen LogP contribution in [0.1, 0.15) is 100 Å². The number of ether oxygens (including phenoxy) is 4. The molecule has 1 fully saturated rings. The Hall–Kier alpha value is -3.95. The van der Waals surface area contributed by atoms with E-state index in [1.165, 1.54) is 0 Å². The lowest BCUT2D eigenvalue weighted by molar-refractivity contribution is -0.141. The predicted octanol–water partition coefficient (Wildman–Crippen LogP) is 4.76. The summed E-state index contributed by atoms with van der Waals surface area (Å²) in [5.74, 6) is 0.354. The zero-order valence-electron chi connectivity index (χ0n) is 27.8. The topological polar surface area (TPSA) is 124 Å². The van der Waals surface area contributed by atoms with Gasteiger partial charge in [-0.2, -0.15) is 0 Å². The second-order valence-corrected chi connectivity index (χ2v) is 13.1. The highest BCUT2D eigenvalue weighted by Gasteiger charge is 2.44. The van der Waals surface area contributed by atoms with E-state index in [1.807, 2.05) is 12.1 Å². The van der Waals surface area contributed by atoms with Gasteiger partial charge in [-0.05, 0) is 67.7 Å². The summed E-state index contributed by atoms with van der Waals surface area (Å²) in [5, 5.41) is 24.3. The number of esters is 1. The first-order valence-electron chi connectivity index (χ1n) is 16.9. The van der Waals surface area contributed by atoms with Crippen LogP contribution in [0.4, 0.5) is 0 Å². The van der Waals surface area contributed by atoms with Crippen molar-refractivity contribution < 1.29 is 38.7 Å². The number of aliphatic hydroxyl groups excluding tert-OH is 1. The summed E-state index contributed by atoms with van der Waals surface area (Å²) in [7, 11) is 1.58. The average molecular weight is 644 g/mol. The van der Waals surface area contributed by atoms with E-state index in [1.54, 1.807) is 27.0 Å². The van der Waals surface area contributed by atoms with Gasteiger partial charge in [0.15, 0.2) is 0 Å². The summed E-state index contributed by atoms with van der Waals surface area (Å²) in [6.07, 6.45) is 9.57. The van der Waals surface area contributed by atoms with E-state index in [-0.39, 0.29) is 29.8 Å². The summed E-state index contributed by atoms with van der Waals surface area (Å²) < 4.78 is 24.1. The molecule has 0 saturated heterocycles. The van der Waals surface area contributed by atoms with Crippen LogP contribution in [0, 0.1) is 0 Å². The van der Waals surface area contributed by atoms with Gasteiger partial charge in [-0.1, -0.05) is 50.3 Å². The molecule has 2 aromatic carbocycles. The molecule has 250 valence electrons. The third-order valence-corrected chi connectivity index (χ3v) is 9.95. The molecule has 1 aliphatic carbocycles. The molecule has 47 heavy (non-hydrogen) atoms. The Kier molecular flexibility index (Phi) is 9.58. The standard InChI is InChI=1S/C38H45NO8/c1-5-7-8-9-15-38(3,43)32-20-27-34(47-32)28(21-40)36-33(35(27)44-4)26(19-31(46-36)37(42)45-6-2)23-11-13-30(41)25(18-23)22-10-12-29-24(17-22)14-16-39-29/h10,12,14,17,19,25,32,40,43H,5-9,11,13,15-16,18,20-21H2,1-4H3/t25-,32-,38-/m0/s1. The van der Waals surface area contributed by atoms with Gasteiger partial charge in [-0.15, -0.1) is 0 Å². The lowest BCUT2D eigenvalue weighted by Crippen LogP contribution is -2.42. The molecular formula is C38H45NO8. The monoisotopic (exact) mass is 643 g/mol. The van der Waals surface area contributed by atoms with E-state index >= 15 is 0 Å². The summed E-state index contributed by atoms with van der Waals surface area (Å²) in [6, 6.07) is 6.02. The van der Waals surface area contributed by atoms with Crippen LogP contribution in [0.5, 0.6) is 17.2 Å². The SMILES string of the molecule is CCCCCC[C@](C)(O)[C@@H]1Cc2c(c(CO)c3c(c2OC)C(=C2CCC(=O)[C@H](c4ccc5c(c4)=CCN=5)C2)C=C(C(=O)OCC)O3)O1. The number of benzene rings is 2. The molecule has 3 atom stereocenters. The molecule has 2 N–H and O–H groups in total. The summed E-state index contributed by atoms with van der Waals surface area (Å²) in [4.78, 5) is 31.0. The van der Waals surface area contributed by atoms with E-state index in [0.29, 0.717) is 61.3 Å². The van der Waals surface area contributed by atoms with Crippen LogP contribution in [0.2, 0.25) is 0 Å². The average Bonchev–Trinajstić information content (AvgIpc) is 3.73. The molecule has 3 heterocycles. The Morgan fingerprint density at radius 2 is 1.96 bits per heavy atom. The molecule has 0 unspecified atom stereocenters. The second kappa shape index (κ2) is 13.6. The second-order valence-electron chi connectivity index (χ2n) is 13.1. The smallest absolute Gasteiger partial charge is 0.374 e. The molecule has 0 aromatic heterocycles. The van der Waals surface area contributed by atoms with Crippen LogP contribution in [0.25, 0.3) is 11.6 Å². The van der Waals surface area contributed by atoms with Gasteiger partial charge in [-0.25, -0.2) is 4.79 Å². The number of fused-ring (bicyclic) bond motifs is 3. The molecule has 0 bridgehead atoms. The Labute approximate surface area is 275 Å². The fourth-order valence-electron chi connectivity index (χ4n) is 7.36. The van der Waals surface area contributed by atoms with Crippen molar-refractivity contribution in [2.75, 3.05) is 20.3 Å². The lowest BCUT2D eigenvalue weighted by atomic mass is 9.76. The predicted molar refractivity (Wildman–Crippen MR) is 177 cm³/mol. The molecular weight excluding hydrogens is 598 g/mol. The van der Waals surface area contributed by atoms with Crippen molar-refractivity contribution in [3.8, 4) is 17.2 Å². The quantitative estimate of drug-likeness (QED) is 0.266. The van der Waals surface area contributed by atoms with Gasteiger partial charge in [0, 0.05) is 24.3 Å². The minimum atomic E-state index is -1.11. The van der Waals surface area contributed by atoms with E-state index in [0.717, 1.165) is 58.5 Å². The third kappa shape index (κ3) is 6.23. The third-order valence-electron chi connectivity index (χ3n) is 9.95. The number of Topliss-reactive ketones (excluding diaryl/α,β-unsaturated/α-hetero) is 1. The highest BCUT2D eigenvalue weighted by molar-refractivity contribution is 5.98. The summed E-state index contributed by atoms with van der Waals surface area (Å²) in [6.45, 7) is 6.06. The zero-order valence-corrected chi connectivity index (χ0v) is 27.8. The number of allylic oxidation sites excluding steroid dienone is 3. The number of carbonyl (C=O) groups is 2. The first-order valence-corrected chi connectivity index (χ1v) is 16.9. The molecule has 2 aromatic rings. The Morgan fingerprint density at radius 3 is 2.70 bits per heavy atom. The minimum absolute atomic E-state index is 0.0155. The van der Waals surface area contributed by atoms with Crippen LogP contribution in [0.15, 0.2) is 40.6 Å². The molecule has 3 aliphatic heterocycles. The summed E-state index contributed by atoms with van der Waals surface area (Å²) >= 11 is 0. The fraction of sp³-hybridized carbons (Fsp3) is 0.500. The van der Waals surface area contributed by atoms with E-state index < -0.39 is 24.3 Å². The van der Waals surface area contributed by atoms with Crippen LogP contribution in [-0.2, 0) is 27.4 Å². The van der Waals surface area contributed by atoms with Crippen molar-refractivity contribution in [1.29, 1.82) is 0 Å². The molecule has 6 rings (SSSR count). The number of aliphatic hydroxyl groups is 2. The maximum atomic E-state index is 13.4. The maximum absolute atomic E-state index is 13.4. The van der Waals surface area contributed by atoms with Gasteiger partial charge in [0.1, 0.15) is 29.1 Å². The van der Waals surface area contributed by atoms with E-state index in [4.69, 9.17) is 18.9 Å². The van der Waals surface area contributed by atoms with Gasteiger partial charge in [0.2, 0.25) is 5.76 Å². The van der Waals surface area contributed by atoms with Crippen LogP contribution in [0.3, 0.4) is 0 Å². The zero-order chi connectivity index (χ0) is 33.3. The lowest BCUT2D eigenvalue weighted by Gasteiger charge is -2.30. The van der Waals surface area contributed by atoms with Crippen LogP contribution >= 0.6 is 0 Å². The normalized spacial score (nSPS) is 22.4. The van der Waals surface area contributed by atoms with Crippen molar-refractivity contribution in [3.05, 3.63) is 68.4 Å². The first kappa shape index (κ1) is 33.0. The van der Waals surface area contributed by atoms with Crippen molar-refractivity contribution in [3.63, 3.8) is 0 Å². The minimum Gasteiger partial charge on any atom is -0.496 e. The Morgan fingerprint density at radius 1 is 1.13 bits per heavy atom. The van der Waals surface area contributed by atoms with Crippen LogP contribution in [-0.4, -0.2) is 53.9 Å². The molecule has 0 spiro atoms. The number of ketones is 1. The summed E-state index contributed by atoms with van der Waals surface area (Å²) in [5.41, 5.74) is 3.27. The number of unbranched alkanes of at least 4 members (excludes halogenated alkanes) is 3. The highest BCUT2D eigenvalue weighted by atomic mass is 16.6. The number of methoxy groups -OCH3 is 1. The molecule has 0 radical (unpaired) electrons. The van der Waals surface area contributed by atoms with Crippen molar-refractivity contribution >= 4 is 23.4 Å². The first-order chi connectivity index (χ1) is 22.7. The Bertz CT molecular complexity index is 1770. The largest absolute Gasteiger partial charge is 0.496 e. The van der Waals surface area contributed by atoms with Gasteiger partial charge in [0.25, 0.3) is 0 Å². The van der Waals surface area contributed by atoms with Crippen molar-refractivity contribution in [2.24, 2.45) is 4.99 Å². The van der Waals surface area contributed by atoms with Crippen LogP contribution < -0.4 is 24.8 Å². The fourth-order valence-corrected chi connectivity index (χ4v) is 7.36. The van der Waals surface area contributed by atoms with Crippen molar-refractivity contribution in [1.82, 2.24) is 0 Å². The molecule has 9 nitrogen and oxygen atoms in total. The number of hydrogen-bond acceptors (Lipinski definition) is 9. The van der Waals surface area contributed by atoms with Gasteiger partial charge >= 0.3 is 5.97 Å². The van der Waals surface area contributed by atoms with Gasteiger partial charge in [0.05, 0.1) is 49.0 Å². The number of rotatable bonds is 11. The van der Waals surface area contributed by atoms with E-state index in [9.17, 15) is 19.8 Å². The van der Waals surface area contributed by atoms with Crippen molar-refractivity contribution in [2.45, 2.75) is 103 Å².